The normalized spacial score (nSPS) is 17.6. The third-order valence-corrected chi connectivity index (χ3v) is 15.0. The summed E-state index contributed by atoms with van der Waals surface area (Å²) in [5.41, 5.74) is 4.21. The van der Waals surface area contributed by atoms with Crippen LogP contribution in [-0.2, 0) is 27.5 Å². The number of anilines is 2. The summed E-state index contributed by atoms with van der Waals surface area (Å²) in [6, 6.07) is 11.7. The highest BCUT2D eigenvalue weighted by atomic mass is 35.5. The van der Waals surface area contributed by atoms with E-state index in [1.165, 1.54) is 6.20 Å². The van der Waals surface area contributed by atoms with E-state index in [2.05, 4.69) is 41.1 Å². The number of hydrogen-bond acceptors (Lipinski definition) is 13. The van der Waals surface area contributed by atoms with Gasteiger partial charge in [0.1, 0.15) is 28.7 Å². The van der Waals surface area contributed by atoms with Crippen molar-refractivity contribution in [2.75, 3.05) is 69.8 Å². The van der Waals surface area contributed by atoms with Crippen LogP contribution in [0.3, 0.4) is 0 Å². The summed E-state index contributed by atoms with van der Waals surface area (Å²) < 4.78 is 19.9. The first-order valence-electron chi connectivity index (χ1n) is 22.0. The second-order valence-corrected chi connectivity index (χ2v) is 20.2. The van der Waals surface area contributed by atoms with Crippen molar-refractivity contribution in [3.8, 4) is 16.2 Å². The largest absolute Gasteiger partial charge is 0.496 e. The minimum atomic E-state index is -1.96. The zero-order valence-electron chi connectivity index (χ0n) is 37.5. The summed E-state index contributed by atoms with van der Waals surface area (Å²) in [5.74, 6) is 0.710. The summed E-state index contributed by atoms with van der Waals surface area (Å²) in [5, 5.41) is 12.3. The average molecular weight is 950 g/mol. The van der Waals surface area contributed by atoms with Crippen LogP contribution in [0.2, 0.25) is 5.02 Å². The Kier molecular flexibility index (Phi) is 15.5. The Morgan fingerprint density at radius 1 is 1.05 bits per heavy atom. The minimum Gasteiger partial charge on any atom is -0.496 e. The lowest BCUT2D eigenvalue weighted by molar-refractivity contribution is -0.143. The van der Waals surface area contributed by atoms with Gasteiger partial charge >= 0.3 is 0 Å². The third-order valence-electron chi connectivity index (χ3n) is 12.3. The lowest BCUT2D eigenvalue weighted by Crippen LogP contribution is -2.61. The van der Waals surface area contributed by atoms with Crippen molar-refractivity contribution in [1.82, 2.24) is 40.3 Å². The van der Waals surface area contributed by atoms with Crippen LogP contribution in [0.5, 0.6) is 5.75 Å². The number of aromatic nitrogens is 3. The van der Waals surface area contributed by atoms with E-state index in [9.17, 15) is 19.2 Å². The van der Waals surface area contributed by atoms with Gasteiger partial charge in [0.25, 0.3) is 11.8 Å². The van der Waals surface area contributed by atoms with Crippen LogP contribution in [0.25, 0.3) is 10.4 Å². The summed E-state index contributed by atoms with van der Waals surface area (Å²) >= 11 is 9.25. The van der Waals surface area contributed by atoms with Crippen LogP contribution in [-0.4, -0.2) is 135 Å². The van der Waals surface area contributed by atoms with Crippen molar-refractivity contribution < 1.29 is 28.3 Å². The molecular weight excluding hydrogens is 891 g/mol. The predicted molar refractivity (Wildman–Crippen MR) is 254 cm³/mol. The number of amides is 4. The molecule has 4 heterocycles. The maximum atomic E-state index is 15.1. The van der Waals surface area contributed by atoms with Crippen molar-refractivity contribution in [2.24, 2.45) is 0 Å². The fraction of sp³-hybridized carbons (Fsp3) is 0.500. The third kappa shape index (κ3) is 11.7. The van der Waals surface area contributed by atoms with Gasteiger partial charge in [-0.2, -0.15) is 16.7 Å². The molecule has 0 radical (unpaired) electrons. The fourth-order valence-corrected chi connectivity index (χ4v) is 10.3. The molecular formula is C46H58ClFN10O5S2. The van der Waals surface area contributed by atoms with Gasteiger partial charge in [0.15, 0.2) is 5.67 Å². The van der Waals surface area contributed by atoms with Crippen LogP contribution in [0.15, 0.2) is 54.2 Å². The van der Waals surface area contributed by atoms with E-state index in [0.29, 0.717) is 92.5 Å². The molecule has 348 valence electrons. The van der Waals surface area contributed by atoms with E-state index < -0.39 is 28.4 Å². The molecule has 3 aliphatic rings. The molecule has 4 amide bonds. The highest BCUT2D eigenvalue weighted by Gasteiger charge is 2.53. The molecule has 4 aromatic rings. The number of halogens is 2. The summed E-state index contributed by atoms with van der Waals surface area (Å²) in [4.78, 5) is 74.5. The second kappa shape index (κ2) is 21.1. The number of rotatable bonds is 19. The van der Waals surface area contributed by atoms with Crippen molar-refractivity contribution >= 4 is 70.1 Å². The zero-order chi connectivity index (χ0) is 46.3. The standard InChI is InChI=1S/C46H58ClFN10O5S2/c1-29-37(64-28-53-29)31-11-9-30(10-12-31)25-50-40(59)35-8-6-18-58(35)42(61)38(54-43(62)46(48)15-16-46)45(2,3)65-23-7-17-56-19-21-57(22-20-56)41(60)32-13-14-33(36(24-32)63-5)26-51-44-52-27-34(47)39(49-4)55-44/h9-14,24,27-28,35,38H,6-8,15-23,25-26H2,1-5H3,(H,50,59)(H,54,62)(H2,49,51,52,55)/t35-,38+/m0/s1. The van der Waals surface area contributed by atoms with Gasteiger partial charge < -0.3 is 35.8 Å². The Balaban J connectivity index is 0.887. The molecule has 4 N–H and O–H groups in total. The van der Waals surface area contributed by atoms with Gasteiger partial charge in [0.2, 0.25) is 17.8 Å². The number of benzene rings is 2. The van der Waals surface area contributed by atoms with E-state index in [1.807, 2.05) is 61.5 Å². The van der Waals surface area contributed by atoms with Gasteiger partial charge in [-0.25, -0.2) is 14.4 Å². The van der Waals surface area contributed by atoms with E-state index in [4.69, 9.17) is 16.3 Å². The molecule has 19 heteroatoms. The van der Waals surface area contributed by atoms with E-state index >= 15 is 4.39 Å². The number of piperazine rings is 1. The van der Waals surface area contributed by atoms with Gasteiger partial charge in [-0.1, -0.05) is 41.9 Å². The molecule has 2 aromatic carbocycles. The number of thioether (sulfide) groups is 1. The highest BCUT2D eigenvalue weighted by Crippen LogP contribution is 2.41. The summed E-state index contributed by atoms with van der Waals surface area (Å²) in [6.07, 6.45) is 3.72. The van der Waals surface area contributed by atoms with Crippen molar-refractivity contribution in [1.29, 1.82) is 0 Å². The number of methoxy groups -OCH3 is 1. The maximum Gasteiger partial charge on any atom is 0.258 e. The lowest BCUT2D eigenvalue weighted by Gasteiger charge is -2.38. The number of carbonyl (C=O) groups is 4. The Morgan fingerprint density at radius 3 is 2.48 bits per heavy atom. The van der Waals surface area contributed by atoms with Crippen LogP contribution < -0.4 is 26.0 Å². The second-order valence-electron chi connectivity index (χ2n) is 17.2. The molecule has 3 fully saturated rings. The number of aryl methyl sites for hydroxylation is 1. The first-order chi connectivity index (χ1) is 31.2. The summed E-state index contributed by atoms with van der Waals surface area (Å²) in [6.45, 7) is 10.2. The van der Waals surface area contributed by atoms with E-state index in [-0.39, 0.29) is 30.6 Å². The Morgan fingerprint density at radius 2 is 1.80 bits per heavy atom. The molecule has 7 rings (SSSR count). The highest BCUT2D eigenvalue weighted by molar-refractivity contribution is 8.00. The Hall–Kier alpha value is -5.04. The number of carbonyl (C=O) groups excluding carboxylic acids is 4. The van der Waals surface area contributed by atoms with Crippen LogP contribution in [0, 0.1) is 6.92 Å². The number of nitrogens with zero attached hydrogens (tertiary/aromatic N) is 6. The van der Waals surface area contributed by atoms with Crippen LogP contribution in [0.1, 0.15) is 73.1 Å². The number of ether oxygens (including phenoxy) is 1. The first kappa shape index (κ1) is 47.9. The fourth-order valence-electron chi connectivity index (χ4n) is 8.15. The van der Waals surface area contributed by atoms with Gasteiger partial charge in [-0.3, -0.25) is 24.1 Å². The van der Waals surface area contributed by atoms with Crippen molar-refractivity contribution in [3.63, 3.8) is 0 Å². The van der Waals surface area contributed by atoms with Crippen LogP contribution in [0.4, 0.5) is 16.2 Å². The molecule has 2 atom stereocenters. The monoisotopic (exact) mass is 948 g/mol. The average Bonchev–Trinajstić information content (AvgIpc) is 3.64. The molecule has 1 saturated carbocycles. The topological polar surface area (TPSA) is 174 Å². The molecule has 65 heavy (non-hydrogen) atoms. The van der Waals surface area contributed by atoms with Gasteiger partial charge in [-0.05, 0) is 88.4 Å². The number of hydrogen-bond donors (Lipinski definition) is 4. The molecule has 15 nitrogen and oxygen atoms in total. The Labute approximate surface area is 393 Å². The Bertz CT molecular complexity index is 2340. The number of nitrogens with one attached hydrogen (secondary N) is 4. The van der Waals surface area contributed by atoms with Gasteiger partial charge in [-0.15, -0.1) is 11.3 Å². The zero-order valence-corrected chi connectivity index (χ0v) is 39.9. The van der Waals surface area contributed by atoms with Gasteiger partial charge in [0, 0.05) is 68.7 Å². The smallest absolute Gasteiger partial charge is 0.258 e. The maximum absolute atomic E-state index is 15.1. The molecule has 2 aromatic heterocycles. The quantitative estimate of drug-likeness (QED) is 0.0788. The van der Waals surface area contributed by atoms with Crippen molar-refractivity contribution in [2.45, 2.75) is 88.5 Å². The number of alkyl halides is 1. The van der Waals surface area contributed by atoms with Crippen molar-refractivity contribution in [3.05, 3.63) is 81.6 Å². The predicted octanol–water partition coefficient (Wildman–Crippen LogP) is 6.18. The SMILES string of the molecule is CNc1nc(NCc2ccc(C(=O)N3CCN(CCCSC(C)(C)[C@H](NC(=O)C4(F)CC4)C(=O)N4CCC[C@H]4C(=O)NCc4ccc(-c5scnc5C)cc4)CC3)cc2OC)ncc1Cl. The molecule has 0 bridgehead atoms. The molecule has 2 aliphatic heterocycles. The number of thiazole rings is 1. The molecule has 1 aliphatic carbocycles. The lowest BCUT2D eigenvalue weighted by atomic mass is 10.00. The minimum absolute atomic E-state index is 0.0656. The summed E-state index contributed by atoms with van der Waals surface area (Å²) in [7, 11) is 3.30. The van der Waals surface area contributed by atoms with E-state index in [0.717, 1.165) is 40.2 Å². The molecule has 0 spiro atoms. The van der Waals surface area contributed by atoms with E-state index in [1.54, 1.807) is 54.3 Å². The first-order valence-corrected chi connectivity index (χ1v) is 24.3. The van der Waals surface area contributed by atoms with Gasteiger partial charge in [0.05, 0.1) is 29.4 Å². The molecule has 2 saturated heterocycles. The number of likely N-dealkylation sites (tertiary alicyclic amines) is 1. The van der Waals surface area contributed by atoms with Crippen LogP contribution >= 0.6 is 34.7 Å². The molecule has 0 unspecified atom stereocenters.